The third kappa shape index (κ3) is 4.17. The van der Waals surface area contributed by atoms with Crippen molar-refractivity contribution in [3.05, 3.63) is 0 Å². The summed E-state index contributed by atoms with van der Waals surface area (Å²) in [5.74, 6) is 1.00. The Balaban J connectivity index is 2.07. The first-order chi connectivity index (χ1) is 9.31. The van der Waals surface area contributed by atoms with Crippen LogP contribution in [0.4, 0.5) is 0 Å². The summed E-state index contributed by atoms with van der Waals surface area (Å²) in [7, 11) is 0. The average Bonchev–Trinajstić information content (AvgIpc) is 2.40. The van der Waals surface area contributed by atoms with Crippen LogP contribution < -0.4 is 0 Å². The van der Waals surface area contributed by atoms with Gasteiger partial charge in [0.2, 0.25) is 0 Å². The van der Waals surface area contributed by atoms with E-state index in [4.69, 9.17) is 19.6 Å². The van der Waals surface area contributed by atoms with Gasteiger partial charge in [-0.05, 0) is 49.9 Å². The van der Waals surface area contributed by atoms with Gasteiger partial charge in [-0.15, -0.1) is 0 Å². The van der Waals surface area contributed by atoms with Gasteiger partial charge >= 0.3 is 0 Å². The van der Waals surface area contributed by atoms with Gasteiger partial charge in [0.05, 0.1) is 13.2 Å². The number of rotatable bonds is 1. The van der Waals surface area contributed by atoms with Crippen molar-refractivity contribution in [1.29, 1.82) is 0 Å². The van der Waals surface area contributed by atoms with Crippen molar-refractivity contribution in [3.63, 3.8) is 0 Å². The van der Waals surface area contributed by atoms with Gasteiger partial charge in [0, 0.05) is 0 Å². The van der Waals surface area contributed by atoms with Crippen LogP contribution >= 0.6 is 0 Å². The Bertz CT molecular complexity index is 318. The van der Waals surface area contributed by atoms with E-state index in [9.17, 15) is 0 Å². The van der Waals surface area contributed by atoms with Crippen molar-refractivity contribution in [2.45, 2.75) is 72.0 Å². The van der Waals surface area contributed by atoms with E-state index in [0.29, 0.717) is 30.5 Å². The molecule has 0 radical (unpaired) electrons. The van der Waals surface area contributed by atoms with Crippen molar-refractivity contribution in [3.8, 4) is 0 Å². The lowest BCUT2D eigenvalue weighted by molar-refractivity contribution is -0.436. The Morgan fingerprint density at radius 1 is 0.900 bits per heavy atom. The van der Waals surface area contributed by atoms with E-state index in [2.05, 4.69) is 34.6 Å². The summed E-state index contributed by atoms with van der Waals surface area (Å²) in [5, 5.41) is 0. The predicted octanol–water partition coefficient (Wildman–Crippen LogP) is 3.90. The van der Waals surface area contributed by atoms with Gasteiger partial charge in [-0.25, -0.2) is 19.6 Å². The summed E-state index contributed by atoms with van der Waals surface area (Å²) in [6.45, 7) is 12.5. The molecular weight excluding hydrogens is 256 g/mol. The van der Waals surface area contributed by atoms with Crippen molar-refractivity contribution in [2.75, 3.05) is 13.2 Å². The lowest BCUT2D eigenvalue weighted by Crippen LogP contribution is -2.47. The quantitative estimate of drug-likeness (QED) is 0.685. The monoisotopic (exact) mass is 286 g/mol. The second-order valence-corrected chi connectivity index (χ2v) is 7.86. The topological polar surface area (TPSA) is 36.9 Å². The molecule has 118 valence electrons. The molecule has 4 heteroatoms. The second-order valence-electron chi connectivity index (χ2n) is 7.86. The van der Waals surface area contributed by atoms with Gasteiger partial charge in [-0.1, -0.05) is 27.7 Å². The fourth-order valence-corrected chi connectivity index (χ4v) is 3.29. The summed E-state index contributed by atoms with van der Waals surface area (Å²) < 4.78 is 0. The molecule has 0 N–H and O–H groups in total. The normalized spacial score (nSPS) is 43.4. The van der Waals surface area contributed by atoms with E-state index in [1.165, 1.54) is 0 Å². The molecule has 0 spiro atoms. The molecule has 2 saturated heterocycles. The smallest absolute Gasteiger partial charge is 0.130 e. The molecule has 0 aromatic heterocycles. The summed E-state index contributed by atoms with van der Waals surface area (Å²) in [6, 6.07) is 0. The van der Waals surface area contributed by atoms with E-state index in [0.717, 1.165) is 25.7 Å². The number of hydrogen-bond donors (Lipinski definition) is 0. The molecule has 0 aromatic carbocycles. The molecule has 0 aromatic rings. The molecule has 2 aliphatic heterocycles. The molecule has 0 saturated carbocycles. The summed E-state index contributed by atoms with van der Waals surface area (Å²) >= 11 is 0. The van der Waals surface area contributed by atoms with Crippen molar-refractivity contribution in [1.82, 2.24) is 0 Å². The van der Waals surface area contributed by atoms with Gasteiger partial charge in [0.25, 0.3) is 0 Å². The minimum absolute atomic E-state index is 0.0598. The van der Waals surface area contributed by atoms with Crippen LogP contribution in [0.5, 0.6) is 0 Å². The molecule has 4 nitrogen and oxygen atoms in total. The summed E-state index contributed by atoms with van der Waals surface area (Å²) in [6.07, 6.45) is 4.08. The van der Waals surface area contributed by atoms with Crippen LogP contribution in [0.3, 0.4) is 0 Å². The lowest BCUT2D eigenvalue weighted by atomic mass is 9.76. The highest BCUT2D eigenvalue weighted by atomic mass is 17.2. The fraction of sp³-hybridized carbons (Fsp3) is 1.00. The highest BCUT2D eigenvalue weighted by Crippen LogP contribution is 2.39. The maximum absolute atomic E-state index is 5.80. The molecule has 0 aliphatic carbocycles. The van der Waals surface area contributed by atoms with E-state index in [1.54, 1.807) is 0 Å². The molecule has 2 heterocycles. The molecule has 4 unspecified atom stereocenters. The van der Waals surface area contributed by atoms with Crippen LogP contribution in [0.2, 0.25) is 0 Å². The second kappa shape index (κ2) is 6.30. The van der Waals surface area contributed by atoms with E-state index >= 15 is 0 Å². The van der Waals surface area contributed by atoms with E-state index in [-0.39, 0.29) is 6.10 Å². The summed E-state index contributed by atoms with van der Waals surface area (Å²) in [4.78, 5) is 22.1. The lowest BCUT2D eigenvalue weighted by Gasteiger charge is -2.39. The Hall–Kier alpha value is -0.160. The Kier molecular flexibility index (Phi) is 5.11. The van der Waals surface area contributed by atoms with E-state index in [1.807, 2.05) is 0 Å². The van der Waals surface area contributed by atoms with Gasteiger partial charge in [0.15, 0.2) is 0 Å². The average molecular weight is 286 g/mol. The molecule has 20 heavy (non-hydrogen) atoms. The zero-order valence-electron chi connectivity index (χ0n) is 13.6. The Morgan fingerprint density at radius 2 is 1.60 bits per heavy atom. The van der Waals surface area contributed by atoms with Gasteiger partial charge in [-0.2, -0.15) is 0 Å². The zero-order valence-corrected chi connectivity index (χ0v) is 13.6. The van der Waals surface area contributed by atoms with Crippen molar-refractivity contribution < 1.29 is 19.6 Å². The van der Waals surface area contributed by atoms with Gasteiger partial charge in [-0.3, -0.25) is 0 Å². The highest BCUT2D eigenvalue weighted by molar-refractivity contribution is 4.89. The largest absolute Gasteiger partial charge is 0.236 e. The van der Waals surface area contributed by atoms with Gasteiger partial charge < -0.3 is 0 Å². The molecule has 0 bridgehead atoms. The first-order valence-electron chi connectivity index (χ1n) is 7.90. The third-order valence-electron chi connectivity index (χ3n) is 4.64. The van der Waals surface area contributed by atoms with Crippen LogP contribution in [0.1, 0.15) is 60.3 Å². The minimum atomic E-state index is -0.435. The minimum Gasteiger partial charge on any atom is -0.236 e. The van der Waals surface area contributed by atoms with Crippen LogP contribution in [0.15, 0.2) is 0 Å². The van der Waals surface area contributed by atoms with Crippen LogP contribution in [-0.4, -0.2) is 24.9 Å². The standard InChI is InChI=1S/C16H30O4/c1-12-8-14(19-17-10-12)16(5)7-6-15(3,4)9-13(2)11-18-20-16/h12-14H,6-11H2,1-5H3. The molecule has 0 amide bonds. The third-order valence-corrected chi connectivity index (χ3v) is 4.64. The zero-order chi connectivity index (χ0) is 14.8. The molecule has 4 atom stereocenters. The first-order valence-corrected chi connectivity index (χ1v) is 7.90. The number of hydrogen-bond acceptors (Lipinski definition) is 4. The van der Waals surface area contributed by atoms with Gasteiger partial charge in [0.1, 0.15) is 11.7 Å². The highest BCUT2D eigenvalue weighted by Gasteiger charge is 2.43. The first kappa shape index (κ1) is 16.2. The molecule has 2 rings (SSSR count). The van der Waals surface area contributed by atoms with E-state index < -0.39 is 5.60 Å². The van der Waals surface area contributed by atoms with Crippen LogP contribution in [-0.2, 0) is 19.6 Å². The fourth-order valence-electron chi connectivity index (χ4n) is 3.29. The molecular formula is C16H30O4. The molecule has 2 aliphatic rings. The van der Waals surface area contributed by atoms with Crippen LogP contribution in [0, 0.1) is 17.3 Å². The molecule has 2 fully saturated rings. The van der Waals surface area contributed by atoms with Crippen LogP contribution in [0.25, 0.3) is 0 Å². The Morgan fingerprint density at radius 3 is 2.30 bits per heavy atom. The maximum Gasteiger partial charge on any atom is 0.130 e. The Labute approximate surface area is 123 Å². The summed E-state index contributed by atoms with van der Waals surface area (Å²) in [5.41, 5.74) is -0.130. The predicted molar refractivity (Wildman–Crippen MR) is 76.8 cm³/mol. The van der Waals surface area contributed by atoms with Crippen molar-refractivity contribution >= 4 is 0 Å². The van der Waals surface area contributed by atoms with Crippen molar-refractivity contribution in [2.24, 2.45) is 17.3 Å². The SMILES string of the molecule is CC1COOC(C2(C)CCC(C)(C)CC(C)COO2)C1. The maximum atomic E-state index is 5.80.